The number of aromatic nitrogens is 1. The van der Waals surface area contributed by atoms with Crippen molar-refractivity contribution in [3.8, 4) is 0 Å². The van der Waals surface area contributed by atoms with Crippen LogP contribution in [0.25, 0.3) is 0 Å². The van der Waals surface area contributed by atoms with Gasteiger partial charge in [0.15, 0.2) is 0 Å². The van der Waals surface area contributed by atoms with Gasteiger partial charge in [0.25, 0.3) is 0 Å². The standard InChI is InChI=1S/C17H21N3O3S/c1-20(14-16-5-3-2-4-6-16)24(22,23)12-9-17(21)19-13-15-7-10-18-11-8-15/h2-8,10-11H,9,12-14H2,1H3,(H,19,21). The lowest BCUT2D eigenvalue weighted by Gasteiger charge is -2.17. The molecular weight excluding hydrogens is 326 g/mol. The molecule has 0 aliphatic rings. The van der Waals surface area contributed by atoms with E-state index in [0.29, 0.717) is 13.1 Å². The van der Waals surface area contributed by atoms with Crippen molar-refractivity contribution in [2.45, 2.75) is 19.5 Å². The van der Waals surface area contributed by atoms with Crippen LogP contribution in [0.3, 0.4) is 0 Å². The lowest BCUT2D eigenvalue weighted by molar-refractivity contribution is -0.120. The number of benzene rings is 1. The maximum absolute atomic E-state index is 12.3. The monoisotopic (exact) mass is 347 g/mol. The fraction of sp³-hybridized carbons (Fsp3) is 0.294. The molecule has 0 unspecified atom stereocenters. The average molecular weight is 347 g/mol. The van der Waals surface area contributed by atoms with Crippen LogP contribution in [0.5, 0.6) is 0 Å². The number of hydrogen-bond acceptors (Lipinski definition) is 4. The minimum absolute atomic E-state index is 0.0629. The molecule has 0 spiro atoms. The lowest BCUT2D eigenvalue weighted by Crippen LogP contribution is -2.32. The molecule has 0 saturated carbocycles. The topological polar surface area (TPSA) is 79.4 Å². The number of pyridine rings is 1. The Labute approximate surface area is 142 Å². The quantitative estimate of drug-likeness (QED) is 0.786. The molecule has 1 N–H and O–H groups in total. The van der Waals surface area contributed by atoms with Crippen LogP contribution in [0.15, 0.2) is 54.9 Å². The summed E-state index contributed by atoms with van der Waals surface area (Å²) in [6, 6.07) is 12.9. The first kappa shape index (κ1) is 18.1. The fourth-order valence-electron chi connectivity index (χ4n) is 2.11. The van der Waals surface area contributed by atoms with Crippen molar-refractivity contribution in [2.75, 3.05) is 12.8 Å². The first-order valence-electron chi connectivity index (χ1n) is 7.61. The minimum atomic E-state index is -3.47. The van der Waals surface area contributed by atoms with Gasteiger partial charge < -0.3 is 5.32 Å². The Morgan fingerprint density at radius 3 is 2.42 bits per heavy atom. The van der Waals surface area contributed by atoms with E-state index in [2.05, 4.69) is 10.3 Å². The first-order valence-corrected chi connectivity index (χ1v) is 9.22. The van der Waals surface area contributed by atoms with Crippen LogP contribution in [0.2, 0.25) is 0 Å². The van der Waals surface area contributed by atoms with Crippen molar-refractivity contribution in [3.05, 3.63) is 66.0 Å². The molecule has 0 atom stereocenters. The van der Waals surface area contributed by atoms with E-state index in [1.165, 1.54) is 11.4 Å². The highest BCUT2D eigenvalue weighted by molar-refractivity contribution is 7.89. The van der Waals surface area contributed by atoms with Gasteiger partial charge in [-0.1, -0.05) is 30.3 Å². The van der Waals surface area contributed by atoms with Crippen molar-refractivity contribution < 1.29 is 13.2 Å². The van der Waals surface area contributed by atoms with Gasteiger partial charge in [-0.2, -0.15) is 0 Å². The van der Waals surface area contributed by atoms with Crippen LogP contribution in [0, 0.1) is 0 Å². The Balaban J connectivity index is 1.80. The van der Waals surface area contributed by atoms with Crippen LogP contribution >= 0.6 is 0 Å². The third-order valence-electron chi connectivity index (χ3n) is 3.55. The van der Waals surface area contributed by atoms with Gasteiger partial charge in [-0.25, -0.2) is 12.7 Å². The summed E-state index contributed by atoms with van der Waals surface area (Å²) in [7, 11) is -1.95. The fourth-order valence-corrected chi connectivity index (χ4v) is 3.21. The lowest BCUT2D eigenvalue weighted by atomic mass is 10.2. The Morgan fingerprint density at radius 2 is 1.75 bits per heavy atom. The van der Waals surface area contributed by atoms with Crippen LogP contribution in [0.4, 0.5) is 0 Å². The Kier molecular flexibility index (Phi) is 6.45. The van der Waals surface area contributed by atoms with Gasteiger partial charge in [0.1, 0.15) is 0 Å². The largest absolute Gasteiger partial charge is 0.352 e. The second kappa shape index (κ2) is 8.56. The van der Waals surface area contributed by atoms with Gasteiger partial charge >= 0.3 is 0 Å². The molecule has 0 aliphatic heterocycles. The van der Waals surface area contributed by atoms with Gasteiger partial charge in [-0.05, 0) is 23.3 Å². The number of carbonyl (C=O) groups is 1. The number of nitrogens with zero attached hydrogens (tertiary/aromatic N) is 2. The summed E-state index contributed by atoms with van der Waals surface area (Å²) in [4.78, 5) is 15.7. The smallest absolute Gasteiger partial charge is 0.221 e. The number of carbonyl (C=O) groups excluding carboxylic acids is 1. The summed E-state index contributed by atoms with van der Waals surface area (Å²) >= 11 is 0. The molecule has 6 nitrogen and oxygen atoms in total. The van der Waals surface area contributed by atoms with Crippen LogP contribution < -0.4 is 5.32 Å². The molecule has 0 bridgehead atoms. The molecule has 0 saturated heterocycles. The zero-order valence-corrected chi connectivity index (χ0v) is 14.4. The highest BCUT2D eigenvalue weighted by atomic mass is 32.2. The van der Waals surface area contributed by atoms with E-state index in [-0.39, 0.29) is 18.1 Å². The number of amides is 1. The molecule has 0 fully saturated rings. The molecule has 1 heterocycles. The van der Waals surface area contributed by atoms with E-state index in [1.807, 2.05) is 30.3 Å². The Morgan fingerprint density at radius 1 is 1.08 bits per heavy atom. The van der Waals surface area contributed by atoms with Crippen LogP contribution in [-0.4, -0.2) is 36.4 Å². The van der Waals surface area contributed by atoms with Gasteiger partial charge in [0.2, 0.25) is 15.9 Å². The molecular formula is C17H21N3O3S. The molecule has 0 radical (unpaired) electrons. The third-order valence-corrected chi connectivity index (χ3v) is 5.35. The van der Waals surface area contributed by atoms with Gasteiger partial charge in [0, 0.05) is 39.0 Å². The molecule has 24 heavy (non-hydrogen) atoms. The van der Waals surface area contributed by atoms with E-state index in [1.54, 1.807) is 24.5 Å². The van der Waals surface area contributed by atoms with Gasteiger partial charge in [-0.15, -0.1) is 0 Å². The predicted octanol–water partition coefficient (Wildman–Crippen LogP) is 1.55. The summed E-state index contributed by atoms with van der Waals surface area (Å²) in [6.45, 7) is 0.656. The Hall–Kier alpha value is -2.25. The maximum atomic E-state index is 12.3. The van der Waals surface area contributed by atoms with Crippen LogP contribution in [0.1, 0.15) is 17.5 Å². The third kappa shape index (κ3) is 5.75. The maximum Gasteiger partial charge on any atom is 0.221 e. The highest BCUT2D eigenvalue weighted by Crippen LogP contribution is 2.08. The van der Waals surface area contributed by atoms with E-state index in [0.717, 1.165) is 11.1 Å². The van der Waals surface area contributed by atoms with E-state index >= 15 is 0 Å². The molecule has 1 aromatic heterocycles. The molecule has 2 rings (SSSR count). The second-order valence-electron chi connectivity index (χ2n) is 5.44. The van der Waals surface area contributed by atoms with Crippen molar-refractivity contribution in [2.24, 2.45) is 0 Å². The zero-order valence-electron chi connectivity index (χ0n) is 13.6. The number of sulfonamides is 1. The van der Waals surface area contributed by atoms with E-state index < -0.39 is 10.0 Å². The summed E-state index contributed by atoms with van der Waals surface area (Å²) < 4.78 is 25.8. The van der Waals surface area contributed by atoms with Gasteiger partial charge in [0.05, 0.1) is 5.75 Å². The first-order chi connectivity index (χ1) is 11.5. The van der Waals surface area contributed by atoms with E-state index in [9.17, 15) is 13.2 Å². The Bertz CT molecular complexity index is 749. The summed E-state index contributed by atoms with van der Waals surface area (Å²) in [5, 5.41) is 2.71. The molecule has 1 amide bonds. The van der Waals surface area contributed by atoms with Crippen molar-refractivity contribution in [3.63, 3.8) is 0 Å². The number of rotatable bonds is 8. The predicted molar refractivity (Wildman–Crippen MR) is 92.4 cm³/mol. The summed E-state index contributed by atoms with van der Waals surface area (Å²) in [5.41, 5.74) is 1.83. The molecule has 128 valence electrons. The molecule has 7 heteroatoms. The van der Waals surface area contributed by atoms with Crippen molar-refractivity contribution >= 4 is 15.9 Å². The minimum Gasteiger partial charge on any atom is -0.352 e. The van der Waals surface area contributed by atoms with Crippen molar-refractivity contribution in [1.29, 1.82) is 0 Å². The second-order valence-corrected chi connectivity index (χ2v) is 7.64. The summed E-state index contributed by atoms with van der Waals surface area (Å²) in [6.07, 6.45) is 3.22. The molecule has 0 aliphatic carbocycles. The SMILES string of the molecule is CN(Cc1ccccc1)S(=O)(=O)CCC(=O)NCc1ccncc1. The van der Waals surface area contributed by atoms with Gasteiger partial charge in [-0.3, -0.25) is 9.78 Å². The molecule has 1 aromatic carbocycles. The summed E-state index contributed by atoms with van der Waals surface area (Å²) in [5.74, 6) is -0.498. The van der Waals surface area contributed by atoms with Crippen LogP contribution in [-0.2, 0) is 27.9 Å². The number of nitrogens with one attached hydrogen (secondary N) is 1. The van der Waals surface area contributed by atoms with E-state index in [4.69, 9.17) is 0 Å². The zero-order chi connectivity index (χ0) is 17.4. The highest BCUT2D eigenvalue weighted by Gasteiger charge is 2.19. The molecule has 2 aromatic rings. The number of hydrogen-bond donors (Lipinski definition) is 1. The van der Waals surface area contributed by atoms with Crippen molar-refractivity contribution in [1.82, 2.24) is 14.6 Å². The normalized spacial score (nSPS) is 11.4. The average Bonchev–Trinajstić information content (AvgIpc) is 2.60.